The van der Waals surface area contributed by atoms with Crippen molar-refractivity contribution in [2.75, 3.05) is 46.0 Å². The summed E-state index contributed by atoms with van der Waals surface area (Å²) in [6.45, 7) is 9.39. The molecule has 2 heterocycles. The third-order valence-corrected chi connectivity index (χ3v) is 3.85. The van der Waals surface area contributed by atoms with Gasteiger partial charge in [-0.3, -0.25) is 4.79 Å². The van der Waals surface area contributed by atoms with E-state index >= 15 is 0 Å². The molecule has 2 rings (SSSR count). The summed E-state index contributed by atoms with van der Waals surface area (Å²) in [5.74, 6) is 1.41. The van der Waals surface area contributed by atoms with Crippen molar-refractivity contribution in [2.24, 2.45) is 11.8 Å². The Morgan fingerprint density at radius 2 is 1.95 bits per heavy atom. The number of nitrogens with one attached hydrogen (secondary N) is 1. The summed E-state index contributed by atoms with van der Waals surface area (Å²) in [6.07, 6.45) is -0.350. The fourth-order valence-corrected chi connectivity index (χ4v) is 2.79. The van der Waals surface area contributed by atoms with Gasteiger partial charge in [0.2, 0.25) is 0 Å². The van der Waals surface area contributed by atoms with Gasteiger partial charge in [0.15, 0.2) is 0 Å². The lowest BCUT2D eigenvalue weighted by Gasteiger charge is -2.22. The molecule has 0 bridgehead atoms. The number of ether oxygens (including phenoxy) is 2. The largest absolute Gasteiger partial charge is 0.379 e. The molecule has 1 amide bonds. The molecular formula is C13H25ClN2O3. The minimum atomic E-state index is -0.350. The van der Waals surface area contributed by atoms with Crippen LogP contribution in [0.2, 0.25) is 0 Å². The molecule has 5 nitrogen and oxygen atoms in total. The monoisotopic (exact) mass is 292 g/mol. The van der Waals surface area contributed by atoms with Crippen LogP contribution < -0.4 is 5.32 Å². The molecule has 0 aliphatic carbocycles. The van der Waals surface area contributed by atoms with Gasteiger partial charge < -0.3 is 19.7 Å². The molecule has 2 saturated heterocycles. The fraction of sp³-hybridized carbons (Fsp3) is 0.923. The summed E-state index contributed by atoms with van der Waals surface area (Å²) >= 11 is 0. The number of amides is 1. The maximum Gasteiger partial charge on any atom is 0.251 e. The van der Waals surface area contributed by atoms with Crippen LogP contribution in [0.25, 0.3) is 0 Å². The van der Waals surface area contributed by atoms with Crippen molar-refractivity contribution in [3.05, 3.63) is 0 Å². The molecule has 2 aliphatic rings. The van der Waals surface area contributed by atoms with Crippen molar-refractivity contribution in [3.63, 3.8) is 0 Å². The summed E-state index contributed by atoms with van der Waals surface area (Å²) in [7, 11) is 0. The van der Waals surface area contributed by atoms with Crippen molar-refractivity contribution in [1.82, 2.24) is 10.2 Å². The molecule has 19 heavy (non-hydrogen) atoms. The molecule has 112 valence electrons. The first kappa shape index (κ1) is 16.7. The third-order valence-electron chi connectivity index (χ3n) is 3.85. The molecule has 0 saturated carbocycles. The third kappa shape index (κ3) is 4.31. The topological polar surface area (TPSA) is 50.8 Å². The van der Waals surface area contributed by atoms with Crippen LogP contribution in [-0.2, 0) is 14.3 Å². The molecule has 1 unspecified atom stereocenters. The van der Waals surface area contributed by atoms with Gasteiger partial charge in [-0.2, -0.15) is 0 Å². The summed E-state index contributed by atoms with van der Waals surface area (Å²) in [5, 5.41) is 3.38. The lowest BCUT2D eigenvalue weighted by atomic mass is 10.0. The van der Waals surface area contributed by atoms with Gasteiger partial charge in [0.05, 0.1) is 13.2 Å². The van der Waals surface area contributed by atoms with Crippen molar-refractivity contribution >= 4 is 18.3 Å². The van der Waals surface area contributed by atoms with Crippen LogP contribution in [-0.4, -0.2) is 62.9 Å². The van der Waals surface area contributed by atoms with Crippen LogP contribution in [0, 0.1) is 11.8 Å². The van der Waals surface area contributed by atoms with E-state index in [1.165, 1.54) is 0 Å². The first-order valence-corrected chi connectivity index (χ1v) is 6.91. The lowest BCUT2D eigenvalue weighted by Crippen LogP contribution is -2.39. The Labute approximate surface area is 121 Å². The zero-order chi connectivity index (χ0) is 13.0. The number of carbonyl (C=O) groups is 1. The second kappa shape index (κ2) is 8.04. The van der Waals surface area contributed by atoms with Gasteiger partial charge in [-0.15, -0.1) is 12.4 Å². The molecule has 2 aliphatic heterocycles. The average Bonchev–Trinajstić information content (AvgIpc) is 2.94. The van der Waals surface area contributed by atoms with Crippen molar-refractivity contribution in [1.29, 1.82) is 0 Å². The molecule has 0 aromatic heterocycles. The van der Waals surface area contributed by atoms with Gasteiger partial charge in [0.1, 0.15) is 6.10 Å². The van der Waals surface area contributed by atoms with Gasteiger partial charge in [-0.05, 0) is 25.7 Å². The maximum absolute atomic E-state index is 12.2. The highest BCUT2D eigenvalue weighted by Gasteiger charge is 2.39. The van der Waals surface area contributed by atoms with Crippen molar-refractivity contribution < 1.29 is 14.3 Å². The molecule has 1 N–H and O–H groups in total. The fourth-order valence-electron chi connectivity index (χ4n) is 2.79. The van der Waals surface area contributed by atoms with E-state index in [1.54, 1.807) is 0 Å². The molecule has 3 atom stereocenters. The minimum Gasteiger partial charge on any atom is -0.379 e. The molecule has 2 fully saturated rings. The maximum atomic E-state index is 12.2. The normalized spacial score (nSPS) is 26.9. The second-order valence-corrected chi connectivity index (χ2v) is 5.13. The molecule has 0 aromatic carbocycles. The number of carbonyl (C=O) groups excluding carboxylic acids is 1. The van der Waals surface area contributed by atoms with Gasteiger partial charge in [0, 0.05) is 32.8 Å². The van der Waals surface area contributed by atoms with Crippen LogP contribution in [0.1, 0.15) is 13.8 Å². The van der Waals surface area contributed by atoms with E-state index < -0.39 is 0 Å². The highest BCUT2D eigenvalue weighted by atomic mass is 35.5. The van der Waals surface area contributed by atoms with E-state index in [1.807, 2.05) is 18.7 Å². The Morgan fingerprint density at radius 3 is 2.53 bits per heavy atom. The number of likely N-dealkylation sites (tertiary alicyclic amines) is 1. The number of hydrogen-bond donors (Lipinski definition) is 1. The Morgan fingerprint density at radius 1 is 1.32 bits per heavy atom. The van der Waals surface area contributed by atoms with Gasteiger partial charge in [-0.25, -0.2) is 0 Å². The van der Waals surface area contributed by atoms with Crippen LogP contribution in [0.5, 0.6) is 0 Å². The predicted octanol–water partition coefficient (Wildman–Crippen LogP) is 0.528. The number of hydrogen-bond acceptors (Lipinski definition) is 4. The number of nitrogens with zero attached hydrogens (tertiary/aromatic N) is 1. The first-order valence-electron chi connectivity index (χ1n) is 6.91. The minimum absolute atomic E-state index is 0. The first-order chi connectivity index (χ1) is 8.72. The van der Waals surface area contributed by atoms with Crippen LogP contribution in [0.4, 0.5) is 0 Å². The van der Waals surface area contributed by atoms with E-state index in [0.29, 0.717) is 31.7 Å². The Bertz CT molecular complexity index is 279. The highest BCUT2D eigenvalue weighted by molar-refractivity contribution is 5.85. The molecule has 0 radical (unpaired) electrons. The van der Waals surface area contributed by atoms with E-state index in [-0.39, 0.29) is 24.4 Å². The molecule has 6 heteroatoms. The zero-order valence-corrected chi connectivity index (χ0v) is 12.6. The summed E-state index contributed by atoms with van der Waals surface area (Å²) in [4.78, 5) is 14.1. The van der Waals surface area contributed by atoms with Gasteiger partial charge >= 0.3 is 0 Å². The van der Waals surface area contributed by atoms with E-state index in [0.717, 1.165) is 26.2 Å². The highest BCUT2D eigenvalue weighted by Crippen LogP contribution is 2.26. The Hall–Kier alpha value is -0.360. The van der Waals surface area contributed by atoms with Gasteiger partial charge in [-0.1, -0.05) is 0 Å². The standard InChI is InChI=1S/C13H24N2O3.ClH/c1-3-17-4-5-18-10(2)13(16)15-8-11-6-14-7-12(11)9-15;/h10-12,14H,3-9H2,1-2H3;1H/t10?,11-,12+;. The van der Waals surface area contributed by atoms with E-state index in [4.69, 9.17) is 9.47 Å². The van der Waals surface area contributed by atoms with E-state index in [9.17, 15) is 4.79 Å². The smallest absolute Gasteiger partial charge is 0.251 e. The quantitative estimate of drug-likeness (QED) is 0.726. The molecule has 0 aromatic rings. The van der Waals surface area contributed by atoms with Crippen LogP contribution >= 0.6 is 12.4 Å². The lowest BCUT2D eigenvalue weighted by molar-refractivity contribution is -0.142. The van der Waals surface area contributed by atoms with E-state index in [2.05, 4.69) is 5.32 Å². The number of halogens is 1. The van der Waals surface area contributed by atoms with Crippen molar-refractivity contribution in [3.8, 4) is 0 Å². The summed E-state index contributed by atoms with van der Waals surface area (Å²) in [5.41, 5.74) is 0. The molecular weight excluding hydrogens is 268 g/mol. The predicted molar refractivity (Wildman–Crippen MR) is 75.6 cm³/mol. The molecule has 0 spiro atoms. The number of rotatable bonds is 6. The Kier molecular flexibility index (Phi) is 7.07. The summed E-state index contributed by atoms with van der Waals surface area (Å²) in [6, 6.07) is 0. The second-order valence-electron chi connectivity index (χ2n) is 5.13. The van der Waals surface area contributed by atoms with Gasteiger partial charge in [0.25, 0.3) is 5.91 Å². The average molecular weight is 293 g/mol. The number of fused-ring (bicyclic) bond motifs is 1. The zero-order valence-electron chi connectivity index (χ0n) is 11.8. The SMILES string of the molecule is CCOCCOC(C)C(=O)N1C[C@H]2CNC[C@H]2C1.Cl. The Balaban J connectivity index is 0.00000180. The van der Waals surface area contributed by atoms with Crippen molar-refractivity contribution in [2.45, 2.75) is 20.0 Å². The van der Waals surface area contributed by atoms with Crippen LogP contribution in [0.15, 0.2) is 0 Å². The van der Waals surface area contributed by atoms with Crippen LogP contribution in [0.3, 0.4) is 0 Å². The summed E-state index contributed by atoms with van der Waals surface area (Å²) < 4.78 is 10.7.